The van der Waals surface area contributed by atoms with E-state index in [0.29, 0.717) is 17.0 Å². The predicted molar refractivity (Wildman–Crippen MR) is 88.8 cm³/mol. The monoisotopic (exact) mass is 318 g/mol. The maximum absolute atomic E-state index is 11.9. The molecule has 1 amide bonds. The third kappa shape index (κ3) is 3.78. The van der Waals surface area contributed by atoms with E-state index in [2.05, 4.69) is 10.3 Å². The molecule has 2 aromatic carbocycles. The minimum absolute atomic E-state index is 0.102. The van der Waals surface area contributed by atoms with Gasteiger partial charge in [-0.25, -0.2) is 4.98 Å². The number of ether oxygens (including phenoxy) is 1. The van der Waals surface area contributed by atoms with Crippen LogP contribution in [0.25, 0.3) is 5.69 Å². The average Bonchev–Trinajstić information content (AvgIpc) is 3.16. The van der Waals surface area contributed by atoms with Gasteiger partial charge in [0.05, 0.1) is 18.0 Å². The highest BCUT2D eigenvalue weighted by Crippen LogP contribution is 2.14. The molecule has 3 aromatic rings. The summed E-state index contributed by atoms with van der Waals surface area (Å²) in [5, 5.41) is 11.5. The van der Waals surface area contributed by atoms with E-state index in [9.17, 15) is 4.79 Å². The first kappa shape index (κ1) is 15.3. The Labute approximate surface area is 138 Å². The zero-order chi connectivity index (χ0) is 16.8. The van der Waals surface area contributed by atoms with E-state index in [1.165, 1.54) is 0 Å². The zero-order valence-electron chi connectivity index (χ0n) is 12.7. The highest BCUT2D eigenvalue weighted by Gasteiger charge is 2.04. The fourth-order valence-electron chi connectivity index (χ4n) is 2.10. The molecular formula is C18H14N4O2. The van der Waals surface area contributed by atoms with Crippen molar-refractivity contribution in [2.75, 3.05) is 11.9 Å². The standard InChI is InChI=1S/C18H14N4O2/c19-11-14-1-7-17(8-2-14)24-12-18(23)21-15-3-5-16(6-4-15)22-10-9-20-13-22/h1-10,13H,12H2,(H,21,23). The number of anilines is 1. The number of carbonyl (C=O) groups excluding carboxylic acids is 1. The lowest BCUT2D eigenvalue weighted by molar-refractivity contribution is -0.118. The van der Waals surface area contributed by atoms with Gasteiger partial charge in [0.1, 0.15) is 5.75 Å². The van der Waals surface area contributed by atoms with Crippen LogP contribution in [0.2, 0.25) is 0 Å². The summed E-state index contributed by atoms with van der Waals surface area (Å²) in [5.41, 5.74) is 2.19. The van der Waals surface area contributed by atoms with Crippen molar-refractivity contribution in [3.63, 3.8) is 0 Å². The summed E-state index contributed by atoms with van der Waals surface area (Å²) in [6.45, 7) is -0.102. The number of nitrogens with one attached hydrogen (secondary N) is 1. The van der Waals surface area contributed by atoms with Gasteiger partial charge in [0.25, 0.3) is 5.91 Å². The normalized spacial score (nSPS) is 9.96. The van der Waals surface area contributed by atoms with E-state index in [-0.39, 0.29) is 12.5 Å². The first-order valence-corrected chi connectivity index (χ1v) is 7.26. The Morgan fingerprint density at radius 2 is 1.92 bits per heavy atom. The fraction of sp³-hybridized carbons (Fsp3) is 0.0556. The number of nitriles is 1. The van der Waals surface area contributed by atoms with Crippen LogP contribution in [0.15, 0.2) is 67.3 Å². The summed E-state index contributed by atoms with van der Waals surface area (Å²) in [7, 11) is 0. The van der Waals surface area contributed by atoms with Crippen molar-refractivity contribution >= 4 is 11.6 Å². The maximum atomic E-state index is 11.9. The van der Waals surface area contributed by atoms with Gasteiger partial charge in [-0.3, -0.25) is 4.79 Å². The molecule has 0 aliphatic heterocycles. The van der Waals surface area contributed by atoms with Crippen LogP contribution in [0.1, 0.15) is 5.56 Å². The molecule has 3 rings (SSSR count). The molecule has 0 unspecified atom stereocenters. The van der Waals surface area contributed by atoms with Crippen LogP contribution in [-0.2, 0) is 4.79 Å². The van der Waals surface area contributed by atoms with Gasteiger partial charge < -0.3 is 14.6 Å². The molecule has 0 spiro atoms. The minimum atomic E-state index is -0.255. The molecule has 6 heteroatoms. The number of imidazole rings is 1. The molecule has 0 saturated heterocycles. The third-order valence-corrected chi connectivity index (χ3v) is 3.31. The molecule has 0 saturated carbocycles. The molecule has 1 N–H and O–H groups in total. The Morgan fingerprint density at radius 3 is 2.54 bits per heavy atom. The molecule has 118 valence electrons. The number of hydrogen-bond donors (Lipinski definition) is 1. The van der Waals surface area contributed by atoms with Crippen molar-refractivity contribution in [2.24, 2.45) is 0 Å². The van der Waals surface area contributed by atoms with Crippen molar-refractivity contribution in [1.82, 2.24) is 9.55 Å². The van der Waals surface area contributed by atoms with Crippen molar-refractivity contribution in [2.45, 2.75) is 0 Å². The van der Waals surface area contributed by atoms with Gasteiger partial charge in [-0.1, -0.05) is 0 Å². The second-order valence-electron chi connectivity index (χ2n) is 4.99. The largest absolute Gasteiger partial charge is 0.484 e. The maximum Gasteiger partial charge on any atom is 0.262 e. The number of benzene rings is 2. The Balaban J connectivity index is 1.53. The van der Waals surface area contributed by atoms with Crippen LogP contribution < -0.4 is 10.1 Å². The van der Waals surface area contributed by atoms with Crippen molar-refractivity contribution < 1.29 is 9.53 Å². The van der Waals surface area contributed by atoms with Crippen LogP contribution >= 0.6 is 0 Å². The summed E-state index contributed by atoms with van der Waals surface area (Å²) < 4.78 is 7.26. The van der Waals surface area contributed by atoms with E-state index in [1.807, 2.05) is 41.1 Å². The molecule has 1 heterocycles. The smallest absolute Gasteiger partial charge is 0.262 e. The topological polar surface area (TPSA) is 79.9 Å². The Kier molecular flexibility index (Phi) is 4.54. The second kappa shape index (κ2) is 7.11. The molecule has 0 aliphatic rings. The van der Waals surface area contributed by atoms with Crippen LogP contribution in [0.4, 0.5) is 5.69 Å². The van der Waals surface area contributed by atoms with E-state index < -0.39 is 0 Å². The van der Waals surface area contributed by atoms with Gasteiger partial charge in [0.15, 0.2) is 6.61 Å². The van der Waals surface area contributed by atoms with E-state index in [1.54, 1.807) is 36.8 Å². The molecule has 0 fully saturated rings. The Bertz CT molecular complexity index is 848. The molecule has 1 aromatic heterocycles. The lowest BCUT2D eigenvalue weighted by atomic mass is 10.2. The summed E-state index contributed by atoms with van der Waals surface area (Å²) >= 11 is 0. The molecule has 0 atom stereocenters. The molecule has 0 aliphatic carbocycles. The van der Waals surface area contributed by atoms with Crippen LogP contribution in [-0.4, -0.2) is 22.1 Å². The number of aromatic nitrogens is 2. The van der Waals surface area contributed by atoms with Crippen LogP contribution in [0, 0.1) is 11.3 Å². The highest BCUT2D eigenvalue weighted by molar-refractivity contribution is 5.91. The summed E-state index contributed by atoms with van der Waals surface area (Å²) in [6, 6.07) is 16.0. The van der Waals surface area contributed by atoms with Crippen molar-refractivity contribution in [3.8, 4) is 17.5 Å². The van der Waals surface area contributed by atoms with Gasteiger partial charge in [-0.05, 0) is 48.5 Å². The van der Waals surface area contributed by atoms with Crippen molar-refractivity contribution in [1.29, 1.82) is 5.26 Å². The Morgan fingerprint density at radius 1 is 1.17 bits per heavy atom. The quantitative estimate of drug-likeness (QED) is 0.784. The van der Waals surface area contributed by atoms with E-state index in [0.717, 1.165) is 5.69 Å². The first-order valence-electron chi connectivity index (χ1n) is 7.26. The second-order valence-corrected chi connectivity index (χ2v) is 4.99. The summed E-state index contributed by atoms with van der Waals surface area (Å²) in [5.74, 6) is 0.286. The van der Waals surface area contributed by atoms with Crippen LogP contribution in [0.3, 0.4) is 0 Å². The summed E-state index contributed by atoms with van der Waals surface area (Å²) in [6.07, 6.45) is 5.26. The van der Waals surface area contributed by atoms with Crippen LogP contribution in [0.5, 0.6) is 5.75 Å². The number of carbonyl (C=O) groups is 1. The Hall–Kier alpha value is -3.59. The average molecular weight is 318 g/mol. The van der Waals surface area contributed by atoms with E-state index >= 15 is 0 Å². The van der Waals surface area contributed by atoms with Gasteiger partial charge in [0, 0.05) is 23.8 Å². The number of rotatable bonds is 5. The van der Waals surface area contributed by atoms with Gasteiger partial charge in [0.2, 0.25) is 0 Å². The lowest BCUT2D eigenvalue weighted by Crippen LogP contribution is -2.20. The fourth-order valence-corrected chi connectivity index (χ4v) is 2.10. The number of nitrogens with zero attached hydrogens (tertiary/aromatic N) is 3. The minimum Gasteiger partial charge on any atom is -0.484 e. The first-order chi connectivity index (χ1) is 11.7. The molecular weight excluding hydrogens is 304 g/mol. The molecule has 24 heavy (non-hydrogen) atoms. The summed E-state index contributed by atoms with van der Waals surface area (Å²) in [4.78, 5) is 15.9. The zero-order valence-corrected chi connectivity index (χ0v) is 12.7. The lowest BCUT2D eigenvalue weighted by Gasteiger charge is -2.08. The molecule has 0 radical (unpaired) electrons. The van der Waals surface area contributed by atoms with E-state index in [4.69, 9.17) is 10.00 Å². The number of hydrogen-bond acceptors (Lipinski definition) is 4. The molecule has 6 nitrogen and oxygen atoms in total. The number of amides is 1. The third-order valence-electron chi connectivity index (χ3n) is 3.31. The highest BCUT2D eigenvalue weighted by atomic mass is 16.5. The van der Waals surface area contributed by atoms with Crippen molar-refractivity contribution in [3.05, 3.63) is 72.8 Å². The van der Waals surface area contributed by atoms with Gasteiger partial charge in [-0.2, -0.15) is 5.26 Å². The predicted octanol–water partition coefficient (Wildman–Crippen LogP) is 2.76. The SMILES string of the molecule is N#Cc1ccc(OCC(=O)Nc2ccc(-n3ccnc3)cc2)cc1. The van der Waals surface area contributed by atoms with Gasteiger partial charge >= 0.3 is 0 Å². The molecule has 0 bridgehead atoms. The van der Waals surface area contributed by atoms with Gasteiger partial charge in [-0.15, -0.1) is 0 Å².